The Morgan fingerprint density at radius 1 is 1.62 bits per heavy atom. The molecule has 4 heteroatoms. The van der Waals surface area contributed by atoms with Crippen molar-refractivity contribution in [3.05, 3.63) is 21.9 Å². The van der Waals surface area contributed by atoms with Gasteiger partial charge in [-0.25, -0.2) is 0 Å². The fourth-order valence-corrected chi connectivity index (χ4v) is 3.04. The normalized spacial score (nSPS) is 24.4. The minimum absolute atomic E-state index is 0.114. The molecule has 1 aromatic heterocycles. The van der Waals surface area contributed by atoms with E-state index in [2.05, 4.69) is 30.3 Å². The zero-order valence-corrected chi connectivity index (χ0v) is 10.5. The highest BCUT2D eigenvalue weighted by atomic mass is 32.1. The number of aryl methyl sites for hydroxylation is 1. The van der Waals surface area contributed by atoms with Crippen molar-refractivity contribution >= 4 is 17.3 Å². The van der Waals surface area contributed by atoms with E-state index in [1.54, 1.807) is 11.3 Å². The molecule has 0 spiro atoms. The van der Waals surface area contributed by atoms with E-state index in [-0.39, 0.29) is 5.92 Å². The van der Waals surface area contributed by atoms with Gasteiger partial charge in [0, 0.05) is 17.5 Å². The molecule has 0 aliphatic heterocycles. The maximum absolute atomic E-state index is 10.7. The van der Waals surface area contributed by atoms with Crippen molar-refractivity contribution in [2.75, 3.05) is 7.05 Å². The van der Waals surface area contributed by atoms with Crippen molar-refractivity contribution in [3.63, 3.8) is 0 Å². The summed E-state index contributed by atoms with van der Waals surface area (Å²) in [6.07, 6.45) is 1.60. The Morgan fingerprint density at radius 2 is 2.31 bits per heavy atom. The van der Waals surface area contributed by atoms with Gasteiger partial charge >= 0.3 is 5.97 Å². The molecule has 0 unspecified atom stereocenters. The zero-order valence-electron chi connectivity index (χ0n) is 9.64. The van der Waals surface area contributed by atoms with Gasteiger partial charge in [-0.05, 0) is 43.8 Å². The maximum Gasteiger partial charge on any atom is 0.306 e. The molecule has 2 rings (SSSR count). The predicted molar refractivity (Wildman–Crippen MR) is 64.7 cm³/mol. The second-order valence-corrected chi connectivity index (χ2v) is 5.60. The van der Waals surface area contributed by atoms with E-state index in [4.69, 9.17) is 5.11 Å². The Labute approximate surface area is 99.7 Å². The fourth-order valence-electron chi connectivity index (χ4n) is 2.07. The van der Waals surface area contributed by atoms with Gasteiger partial charge in [0.25, 0.3) is 0 Å². The topological polar surface area (TPSA) is 40.5 Å². The fraction of sp³-hybridized carbons (Fsp3) is 0.583. The number of carbonyl (C=O) groups is 1. The number of carboxylic acid groups (broad SMARTS) is 1. The van der Waals surface area contributed by atoms with Crippen LogP contribution in [0.4, 0.5) is 0 Å². The van der Waals surface area contributed by atoms with Crippen molar-refractivity contribution < 1.29 is 9.90 Å². The lowest BCUT2D eigenvalue weighted by atomic mass is 9.79. The summed E-state index contributed by atoms with van der Waals surface area (Å²) in [5.74, 6) is -0.756. The van der Waals surface area contributed by atoms with Crippen LogP contribution in [0.3, 0.4) is 0 Å². The average molecular weight is 239 g/mol. The maximum atomic E-state index is 10.7. The lowest BCUT2D eigenvalue weighted by Crippen LogP contribution is -2.44. The molecule has 1 fully saturated rings. The van der Waals surface area contributed by atoms with E-state index < -0.39 is 5.97 Å². The lowest BCUT2D eigenvalue weighted by Gasteiger charge is -2.39. The van der Waals surface area contributed by atoms with Crippen LogP contribution in [-0.4, -0.2) is 29.1 Å². The second kappa shape index (κ2) is 4.55. The van der Waals surface area contributed by atoms with Gasteiger partial charge in [-0.15, -0.1) is 11.3 Å². The van der Waals surface area contributed by atoms with E-state index in [1.807, 2.05) is 0 Å². The molecule has 0 saturated heterocycles. The molecule has 16 heavy (non-hydrogen) atoms. The van der Waals surface area contributed by atoms with Crippen molar-refractivity contribution in [2.45, 2.75) is 32.4 Å². The predicted octanol–water partition coefficient (Wildman–Crippen LogP) is 2.35. The molecule has 88 valence electrons. The summed E-state index contributed by atoms with van der Waals surface area (Å²) < 4.78 is 0. The van der Waals surface area contributed by atoms with Crippen LogP contribution < -0.4 is 0 Å². The first-order valence-corrected chi connectivity index (χ1v) is 6.42. The number of hydrogen-bond donors (Lipinski definition) is 1. The molecule has 0 radical (unpaired) electrons. The number of nitrogens with zero attached hydrogens (tertiary/aromatic N) is 1. The zero-order chi connectivity index (χ0) is 11.7. The minimum atomic E-state index is -0.642. The van der Waals surface area contributed by atoms with Crippen LogP contribution in [0.2, 0.25) is 0 Å². The number of thiophene rings is 1. The molecule has 0 bridgehead atoms. The SMILES string of the molecule is Cc1ccsc1CN(C)C1CC(C(=O)O)C1. The summed E-state index contributed by atoms with van der Waals surface area (Å²) in [6.45, 7) is 3.07. The quantitative estimate of drug-likeness (QED) is 0.876. The molecule has 1 aliphatic carbocycles. The number of hydrogen-bond acceptors (Lipinski definition) is 3. The molecule has 3 nitrogen and oxygen atoms in total. The molecular formula is C12H17NO2S. The van der Waals surface area contributed by atoms with Crippen LogP contribution in [0.15, 0.2) is 11.4 Å². The third-order valence-electron chi connectivity index (χ3n) is 3.45. The third-order valence-corrected chi connectivity index (χ3v) is 4.45. The highest BCUT2D eigenvalue weighted by molar-refractivity contribution is 7.10. The van der Waals surface area contributed by atoms with E-state index >= 15 is 0 Å². The Hall–Kier alpha value is -0.870. The largest absolute Gasteiger partial charge is 0.481 e. The first-order chi connectivity index (χ1) is 7.58. The van der Waals surface area contributed by atoms with Gasteiger partial charge in [-0.2, -0.15) is 0 Å². The van der Waals surface area contributed by atoms with Crippen LogP contribution in [0.25, 0.3) is 0 Å². The standard InChI is InChI=1S/C12H17NO2S/c1-8-3-4-16-11(8)7-13(2)10-5-9(6-10)12(14)15/h3-4,9-10H,5-7H2,1-2H3,(H,14,15). The molecule has 1 N–H and O–H groups in total. The summed E-state index contributed by atoms with van der Waals surface area (Å²) in [4.78, 5) is 14.4. The van der Waals surface area contributed by atoms with Gasteiger partial charge in [0.1, 0.15) is 0 Å². The van der Waals surface area contributed by atoms with Crippen molar-refractivity contribution in [1.82, 2.24) is 4.90 Å². The highest BCUT2D eigenvalue weighted by Crippen LogP contribution is 2.32. The van der Waals surface area contributed by atoms with E-state index in [0.29, 0.717) is 6.04 Å². The summed E-state index contributed by atoms with van der Waals surface area (Å²) >= 11 is 1.78. The number of rotatable bonds is 4. The van der Waals surface area contributed by atoms with Crippen LogP contribution in [0.1, 0.15) is 23.3 Å². The third kappa shape index (κ3) is 2.28. The first-order valence-electron chi connectivity index (χ1n) is 5.54. The average Bonchev–Trinajstić information content (AvgIpc) is 2.48. The van der Waals surface area contributed by atoms with E-state index in [9.17, 15) is 4.79 Å². The van der Waals surface area contributed by atoms with Crippen molar-refractivity contribution in [3.8, 4) is 0 Å². The summed E-state index contributed by atoms with van der Waals surface area (Å²) in [6, 6.07) is 2.58. The van der Waals surface area contributed by atoms with Crippen molar-refractivity contribution in [2.24, 2.45) is 5.92 Å². The summed E-state index contributed by atoms with van der Waals surface area (Å²) in [5, 5.41) is 10.9. The van der Waals surface area contributed by atoms with Crippen LogP contribution in [0.5, 0.6) is 0 Å². The van der Waals surface area contributed by atoms with Gasteiger partial charge in [0.05, 0.1) is 5.92 Å². The van der Waals surface area contributed by atoms with Crippen LogP contribution in [0, 0.1) is 12.8 Å². The highest BCUT2D eigenvalue weighted by Gasteiger charge is 2.36. The number of aliphatic carboxylic acids is 1. The van der Waals surface area contributed by atoms with E-state index in [1.165, 1.54) is 10.4 Å². The van der Waals surface area contributed by atoms with Gasteiger partial charge in [0.15, 0.2) is 0 Å². The molecule has 1 aromatic rings. The molecule has 1 saturated carbocycles. The first kappa shape index (κ1) is 11.6. The van der Waals surface area contributed by atoms with E-state index in [0.717, 1.165) is 19.4 Å². The Morgan fingerprint density at radius 3 is 2.81 bits per heavy atom. The Kier molecular flexibility index (Phi) is 3.30. The molecule has 1 heterocycles. The van der Waals surface area contributed by atoms with Crippen LogP contribution >= 0.6 is 11.3 Å². The molecule has 0 amide bonds. The molecule has 1 aliphatic rings. The molecule has 0 aromatic carbocycles. The monoisotopic (exact) mass is 239 g/mol. The Balaban J connectivity index is 1.84. The van der Waals surface area contributed by atoms with Crippen LogP contribution in [-0.2, 0) is 11.3 Å². The lowest BCUT2D eigenvalue weighted by molar-refractivity contribution is -0.146. The molecular weight excluding hydrogens is 222 g/mol. The molecule has 0 atom stereocenters. The summed E-state index contributed by atoms with van der Waals surface area (Å²) in [5.41, 5.74) is 1.34. The van der Waals surface area contributed by atoms with Gasteiger partial charge in [-0.3, -0.25) is 9.69 Å². The number of carboxylic acids is 1. The summed E-state index contributed by atoms with van der Waals surface area (Å²) in [7, 11) is 2.09. The van der Waals surface area contributed by atoms with Gasteiger partial charge in [0.2, 0.25) is 0 Å². The van der Waals surface area contributed by atoms with Crippen molar-refractivity contribution in [1.29, 1.82) is 0 Å². The second-order valence-electron chi connectivity index (χ2n) is 4.60. The Bertz CT molecular complexity index is 382. The van der Waals surface area contributed by atoms with Gasteiger partial charge < -0.3 is 5.11 Å². The van der Waals surface area contributed by atoms with Gasteiger partial charge in [-0.1, -0.05) is 0 Å². The smallest absolute Gasteiger partial charge is 0.306 e. The minimum Gasteiger partial charge on any atom is -0.481 e.